The van der Waals surface area contributed by atoms with Crippen molar-refractivity contribution >= 4 is 17.5 Å². The summed E-state index contributed by atoms with van der Waals surface area (Å²) in [6, 6.07) is 9.41. The molecule has 0 atom stereocenters. The topological polar surface area (TPSA) is 74.6 Å². The van der Waals surface area contributed by atoms with Crippen LogP contribution in [-0.2, 0) is 9.59 Å². The minimum absolute atomic E-state index is 0.330. The first-order valence-corrected chi connectivity index (χ1v) is 15.8. The highest BCUT2D eigenvalue weighted by molar-refractivity contribution is 6.15. The highest BCUT2D eigenvalue weighted by Crippen LogP contribution is 2.18. The van der Waals surface area contributed by atoms with E-state index in [0.29, 0.717) is 12.0 Å². The lowest BCUT2D eigenvalue weighted by molar-refractivity contribution is -0.137. The van der Waals surface area contributed by atoms with Gasteiger partial charge in [0, 0.05) is 6.42 Å². The van der Waals surface area contributed by atoms with Crippen LogP contribution in [0.25, 0.3) is 5.57 Å². The highest BCUT2D eigenvalue weighted by Gasteiger charge is 2.08. The monoisotopic (exact) mass is 528 g/mol. The minimum atomic E-state index is -0.835. The summed E-state index contributed by atoms with van der Waals surface area (Å²) in [7, 11) is 0. The molecule has 0 fully saturated rings. The molecule has 0 bridgehead atoms. The predicted molar refractivity (Wildman–Crippen MR) is 160 cm³/mol. The van der Waals surface area contributed by atoms with E-state index in [0.717, 1.165) is 31.2 Å². The van der Waals surface area contributed by atoms with Crippen molar-refractivity contribution in [1.29, 1.82) is 0 Å². The van der Waals surface area contributed by atoms with E-state index in [-0.39, 0.29) is 0 Å². The summed E-state index contributed by atoms with van der Waals surface area (Å²) in [5, 5.41) is 18.1. The predicted octanol–water partition coefficient (Wildman–Crippen LogP) is 10.6. The Balaban J connectivity index is 1.77. The van der Waals surface area contributed by atoms with Crippen LogP contribution >= 0.6 is 0 Å². The van der Waals surface area contributed by atoms with E-state index >= 15 is 0 Å². The van der Waals surface area contributed by atoms with Gasteiger partial charge in [-0.15, -0.1) is 0 Å². The summed E-state index contributed by atoms with van der Waals surface area (Å²) in [5.74, 6) is -1.50. The largest absolute Gasteiger partial charge is 0.481 e. The molecule has 0 radical (unpaired) electrons. The van der Waals surface area contributed by atoms with Gasteiger partial charge in [0.15, 0.2) is 0 Å². The average molecular weight is 529 g/mol. The molecule has 1 aromatic rings. The molecule has 1 aromatic carbocycles. The van der Waals surface area contributed by atoms with Crippen molar-refractivity contribution in [3.63, 3.8) is 0 Å². The van der Waals surface area contributed by atoms with E-state index in [9.17, 15) is 14.7 Å². The van der Waals surface area contributed by atoms with Crippen LogP contribution in [0.1, 0.15) is 160 Å². The second-order valence-corrected chi connectivity index (χ2v) is 11.0. The van der Waals surface area contributed by atoms with Gasteiger partial charge in [-0.25, -0.2) is 4.79 Å². The van der Waals surface area contributed by atoms with Crippen molar-refractivity contribution in [3.8, 4) is 0 Å². The first-order chi connectivity index (χ1) is 18.6. The summed E-state index contributed by atoms with van der Waals surface area (Å²) in [5.41, 5.74) is 1.22. The molecular weight excluding hydrogens is 472 g/mol. The van der Waals surface area contributed by atoms with Crippen molar-refractivity contribution in [2.24, 2.45) is 0 Å². The van der Waals surface area contributed by atoms with Crippen LogP contribution in [0.5, 0.6) is 0 Å². The van der Waals surface area contributed by atoms with Crippen LogP contribution in [0.3, 0.4) is 0 Å². The second-order valence-electron chi connectivity index (χ2n) is 11.0. The fourth-order valence-corrected chi connectivity index (χ4v) is 5.15. The Kier molecular flexibility index (Phi) is 22.5. The number of carboxylic acids is 2. The number of carbonyl (C=O) groups is 2. The highest BCUT2D eigenvalue weighted by atomic mass is 16.4. The normalized spacial score (nSPS) is 11.6. The quantitative estimate of drug-likeness (QED) is 0.0879. The van der Waals surface area contributed by atoms with E-state index in [1.807, 2.05) is 36.4 Å². The molecule has 2 N–H and O–H groups in total. The van der Waals surface area contributed by atoms with E-state index in [4.69, 9.17) is 5.11 Å². The first kappa shape index (κ1) is 33.9. The molecule has 0 saturated carbocycles. The molecule has 0 amide bonds. The lowest BCUT2D eigenvalue weighted by Crippen LogP contribution is -1.99. The molecule has 1 rings (SSSR count). The zero-order chi connectivity index (χ0) is 27.5. The molecule has 4 nitrogen and oxygen atoms in total. The van der Waals surface area contributed by atoms with Gasteiger partial charge in [0.05, 0.1) is 5.57 Å². The Labute approximate surface area is 233 Å². The third kappa shape index (κ3) is 20.9. The maximum atomic E-state index is 11.5. The van der Waals surface area contributed by atoms with Crippen LogP contribution in [0.2, 0.25) is 0 Å². The van der Waals surface area contributed by atoms with Crippen molar-refractivity contribution < 1.29 is 19.8 Å². The summed E-state index contributed by atoms with van der Waals surface area (Å²) in [6.07, 6.45) is 31.5. The Morgan fingerprint density at radius 3 is 1.18 bits per heavy atom. The number of aliphatic carboxylic acids is 2. The molecule has 38 heavy (non-hydrogen) atoms. The number of rotatable bonds is 27. The summed E-state index contributed by atoms with van der Waals surface area (Å²) in [4.78, 5) is 22.0. The number of benzene rings is 1. The molecule has 0 aliphatic rings. The standard InChI is InChI=1S/C34H56O4/c35-33(36)30-26-21-19-17-15-13-11-9-7-5-3-1-2-4-6-8-10-12-14-16-18-20-25-29-32(34(37)38)31-27-23-22-24-28-31/h22-24,27-29H,1-21,25-26,30H2,(H,35,36)(H,37,38). The van der Waals surface area contributed by atoms with E-state index in [2.05, 4.69) is 0 Å². The van der Waals surface area contributed by atoms with E-state index in [1.54, 1.807) is 0 Å². The van der Waals surface area contributed by atoms with Gasteiger partial charge in [-0.3, -0.25) is 4.79 Å². The van der Waals surface area contributed by atoms with Crippen LogP contribution in [0.15, 0.2) is 36.4 Å². The molecule has 0 spiro atoms. The smallest absolute Gasteiger partial charge is 0.335 e. The summed E-state index contributed by atoms with van der Waals surface area (Å²) in [6.45, 7) is 0. The Hall–Kier alpha value is -2.10. The van der Waals surface area contributed by atoms with Gasteiger partial charge in [-0.05, 0) is 24.8 Å². The average Bonchev–Trinajstić information content (AvgIpc) is 2.91. The van der Waals surface area contributed by atoms with Crippen molar-refractivity contribution in [2.75, 3.05) is 0 Å². The number of allylic oxidation sites excluding steroid dienone is 1. The van der Waals surface area contributed by atoms with Crippen LogP contribution in [0, 0.1) is 0 Å². The Morgan fingerprint density at radius 1 is 0.500 bits per heavy atom. The summed E-state index contributed by atoms with van der Waals surface area (Å²) >= 11 is 0. The zero-order valence-corrected chi connectivity index (χ0v) is 24.1. The molecule has 0 aliphatic carbocycles. The molecule has 0 aromatic heterocycles. The van der Waals surface area contributed by atoms with Crippen LogP contribution < -0.4 is 0 Å². The molecule has 0 aliphatic heterocycles. The lowest BCUT2D eigenvalue weighted by Gasteiger charge is -2.04. The van der Waals surface area contributed by atoms with Crippen LogP contribution in [0.4, 0.5) is 0 Å². The van der Waals surface area contributed by atoms with Gasteiger partial charge >= 0.3 is 11.9 Å². The van der Waals surface area contributed by atoms with Crippen LogP contribution in [-0.4, -0.2) is 22.2 Å². The minimum Gasteiger partial charge on any atom is -0.481 e. The third-order valence-corrected chi connectivity index (χ3v) is 7.51. The van der Waals surface area contributed by atoms with Gasteiger partial charge in [-0.2, -0.15) is 0 Å². The van der Waals surface area contributed by atoms with Crippen molar-refractivity contribution in [1.82, 2.24) is 0 Å². The second kappa shape index (κ2) is 25.2. The van der Waals surface area contributed by atoms with E-state index in [1.165, 1.54) is 122 Å². The maximum absolute atomic E-state index is 11.5. The van der Waals surface area contributed by atoms with Gasteiger partial charge in [-0.1, -0.05) is 165 Å². The molecule has 0 heterocycles. The van der Waals surface area contributed by atoms with Gasteiger partial charge < -0.3 is 10.2 Å². The molecule has 4 heteroatoms. The van der Waals surface area contributed by atoms with Crippen molar-refractivity contribution in [2.45, 2.75) is 154 Å². The summed E-state index contributed by atoms with van der Waals surface area (Å²) < 4.78 is 0. The number of hydrogen-bond donors (Lipinski definition) is 2. The first-order valence-electron chi connectivity index (χ1n) is 15.8. The maximum Gasteiger partial charge on any atom is 0.335 e. The van der Waals surface area contributed by atoms with Gasteiger partial charge in [0.25, 0.3) is 0 Å². The van der Waals surface area contributed by atoms with Gasteiger partial charge in [0.1, 0.15) is 0 Å². The molecular formula is C34H56O4. The number of carboxylic acid groups (broad SMARTS) is 2. The number of unbranched alkanes of at least 4 members (excludes halogenated alkanes) is 22. The fourth-order valence-electron chi connectivity index (χ4n) is 5.15. The Bertz CT molecular complexity index is 725. The lowest BCUT2D eigenvalue weighted by atomic mass is 10.0. The van der Waals surface area contributed by atoms with Gasteiger partial charge in [0.2, 0.25) is 0 Å². The SMILES string of the molecule is O=C(O)CCCCCCCCCCCCCCCCCCCCCCCCC=C(C(=O)O)c1ccccc1. The Morgan fingerprint density at radius 2 is 0.842 bits per heavy atom. The zero-order valence-electron chi connectivity index (χ0n) is 24.1. The van der Waals surface area contributed by atoms with Crippen molar-refractivity contribution in [3.05, 3.63) is 42.0 Å². The molecule has 216 valence electrons. The number of hydrogen-bond acceptors (Lipinski definition) is 2. The molecule has 0 saturated heterocycles. The molecule has 0 unspecified atom stereocenters. The van der Waals surface area contributed by atoms with E-state index < -0.39 is 11.9 Å². The third-order valence-electron chi connectivity index (χ3n) is 7.51. The fraction of sp³-hybridized carbons (Fsp3) is 0.706.